The Bertz CT molecular complexity index is 671. The Morgan fingerprint density at radius 1 is 1.26 bits per heavy atom. The second-order valence-electron chi connectivity index (χ2n) is 5.24. The third-order valence-corrected chi connectivity index (χ3v) is 4.83. The summed E-state index contributed by atoms with van der Waals surface area (Å²) in [6, 6.07) is 5.40. The van der Waals surface area contributed by atoms with Crippen molar-refractivity contribution >= 4 is 40.5 Å². The number of halogens is 1. The Balaban J connectivity index is 1.45. The van der Waals surface area contributed by atoms with E-state index in [1.807, 2.05) is 6.07 Å². The van der Waals surface area contributed by atoms with Gasteiger partial charge in [-0.25, -0.2) is 9.97 Å². The third kappa shape index (κ3) is 4.33. The van der Waals surface area contributed by atoms with Crippen molar-refractivity contribution in [1.82, 2.24) is 15.3 Å². The normalized spacial score (nSPS) is 14.0. The van der Waals surface area contributed by atoms with Gasteiger partial charge in [0.15, 0.2) is 0 Å². The molecular weight excluding hydrogens is 334 g/mol. The third-order valence-electron chi connectivity index (χ3n) is 3.60. The molecule has 1 aliphatic rings. The summed E-state index contributed by atoms with van der Waals surface area (Å²) >= 11 is 7.10. The summed E-state index contributed by atoms with van der Waals surface area (Å²) in [5.74, 6) is 1.62. The number of nitrogens with one attached hydrogen (secondary N) is 2. The molecule has 0 saturated carbocycles. The van der Waals surface area contributed by atoms with Gasteiger partial charge in [-0.3, -0.25) is 4.79 Å². The van der Waals surface area contributed by atoms with E-state index in [9.17, 15) is 4.79 Å². The Kier molecular flexibility index (Phi) is 5.30. The SMILES string of the molecule is O=C(NCCNc1cc(N2CCCC2)ncn1)c1ccc(Cl)s1. The van der Waals surface area contributed by atoms with Gasteiger partial charge in [-0.15, -0.1) is 11.3 Å². The summed E-state index contributed by atoms with van der Waals surface area (Å²) in [4.78, 5) is 23.3. The molecule has 0 aliphatic carbocycles. The summed E-state index contributed by atoms with van der Waals surface area (Å²) in [6.45, 7) is 3.21. The highest BCUT2D eigenvalue weighted by Crippen LogP contribution is 2.21. The number of aromatic nitrogens is 2. The van der Waals surface area contributed by atoms with E-state index < -0.39 is 0 Å². The van der Waals surface area contributed by atoms with Crippen molar-refractivity contribution in [3.63, 3.8) is 0 Å². The van der Waals surface area contributed by atoms with Crippen molar-refractivity contribution in [3.8, 4) is 0 Å². The average molecular weight is 352 g/mol. The van der Waals surface area contributed by atoms with Crippen LogP contribution in [0.1, 0.15) is 22.5 Å². The molecule has 0 atom stereocenters. The Labute approximate surface area is 143 Å². The molecule has 0 radical (unpaired) electrons. The molecule has 3 rings (SSSR count). The lowest BCUT2D eigenvalue weighted by Crippen LogP contribution is -2.28. The molecule has 1 saturated heterocycles. The first kappa shape index (κ1) is 16.0. The van der Waals surface area contributed by atoms with Crippen LogP contribution in [0.3, 0.4) is 0 Å². The van der Waals surface area contributed by atoms with E-state index in [2.05, 4.69) is 25.5 Å². The van der Waals surface area contributed by atoms with Crippen molar-refractivity contribution in [3.05, 3.63) is 33.7 Å². The summed E-state index contributed by atoms with van der Waals surface area (Å²) in [5.41, 5.74) is 0. The first-order chi connectivity index (χ1) is 11.2. The number of hydrogen-bond donors (Lipinski definition) is 2. The number of rotatable bonds is 6. The number of carbonyl (C=O) groups is 1. The van der Waals surface area contributed by atoms with Gasteiger partial charge in [-0.2, -0.15) is 0 Å². The zero-order valence-electron chi connectivity index (χ0n) is 12.6. The van der Waals surface area contributed by atoms with Gasteiger partial charge < -0.3 is 15.5 Å². The van der Waals surface area contributed by atoms with Crippen molar-refractivity contribution < 1.29 is 4.79 Å². The minimum Gasteiger partial charge on any atom is -0.368 e. The highest BCUT2D eigenvalue weighted by atomic mass is 35.5. The van der Waals surface area contributed by atoms with Crippen LogP contribution in [-0.4, -0.2) is 42.1 Å². The Hall–Kier alpha value is -1.86. The van der Waals surface area contributed by atoms with E-state index in [1.165, 1.54) is 24.2 Å². The number of carbonyl (C=O) groups excluding carboxylic acids is 1. The average Bonchev–Trinajstić information content (AvgIpc) is 3.23. The summed E-state index contributed by atoms with van der Waals surface area (Å²) in [7, 11) is 0. The maximum Gasteiger partial charge on any atom is 0.261 e. The smallest absolute Gasteiger partial charge is 0.261 e. The van der Waals surface area contributed by atoms with Crippen molar-refractivity contribution in [2.45, 2.75) is 12.8 Å². The van der Waals surface area contributed by atoms with Gasteiger partial charge in [0.05, 0.1) is 9.21 Å². The molecule has 0 spiro atoms. The highest BCUT2D eigenvalue weighted by molar-refractivity contribution is 7.17. The molecule has 3 heterocycles. The lowest BCUT2D eigenvalue weighted by molar-refractivity contribution is 0.0959. The van der Waals surface area contributed by atoms with E-state index in [4.69, 9.17) is 11.6 Å². The minimum absolute atomic E-state index is 0.107. The molecule has 0 unspecified atom stereocenters. The molecule has 122 valence electrons. The molecule has 1 amide bonds. The maximum absolute atomic E-state index is 11.9. The molecule has 0 bridgehead atoms. The summed E-state index contributed by atoms with van der Waals surface area (Å²) in [6.07, 6.45) is 4.00. The van der Waals surface area contributed by atoms with Crippen molar-refractivity contribution in [2.75, 3.05) is 36.4 Å². The van der Waals surface area contributed by atoms with E-state index in [-0.39, 0.29) is 5.91 Å². The zero-order valence-corrected chi connectivity index (χ0v) is 14.2. The molecule has 23 heavy (non-hydrogen) atoms. The lowest BCUT2D eigenvalue weighted by atomic mass is 10.4. The number of hydrogen-bond acceptors (Lipinski definition) is 6. The molecule has 1 aliphatic heterocycles. The van der Waals surface area contributed by atoms with Crippen LogP contribution in [0, 0.1) is 0 Å². The molecule has 8 heteroatoms. The first-order valence-electron chi connectivity index (χ1n) is 7.57. The van der Waals surface area contributed by atoms with Crippen LogP contribution >= 0.6 is 22.9 Å². The molecule has 2 aromatic rings. The molecule has 6 nitrogen and oxygen atoms in total. The van der Waals surface area contributed by atoms with Crippen LogP contribution in [0.15, 0.2) is 24.5 Å². The standard InChI is InChI=1S/C15H18ClN5OS/c16-12-4-3-11(23-12)15(22)18-6-5-17-13-9-14(20-10-19-13)21-7-1-2-8-21/h3-4,9-10H,1-2,5-8H2,(H,18,22)(H,17,19,20). The van der Waals surface area contributed by atoms with Crippen LogP contribution in [0.4, 0.5) is 11.6 Å². The number of nitrogens with zero attached hydrogens (tertiary/aromatic N) is 3. The predicted molar refractivity (Wildman–Crippen MR) is 93.6 cm³/mol. The van der Waals surface area contributed by atoms with Crippen LogP contribution in [-0.2, 0) is 0 Å². The van der Waals surface area contributed by atoms with E-state index in [0.29, 0.717) is 22.3 Å². The fraction of sp³-hybridized carbons (Fsp3) is 0.400. The van der Waals surface area contributed by atoms with Gasteiger partial charge in [-0.05, 0) is 25.0 Å². The van der Waals surface area contributed by atoms with Gasteiger partial charge in [0, 0.05) is 32.2 Å². The molecule has 2 aromatic heterocycles. The first-order valence-corrected chi connectivity index (χ1v) is 8.76. The van der Waals surface area contributed by atoms with E-state index in [1.54, 1.807) is 18.5 Å². The zero-order chi connectivity index (χ0) is 16.1. The monoisotopic (exact) mass is 351 g/mol. The topological polar surface area (TPSA) is 70.2 Å². The molecule has 2 N–H and O–H groups in total. The van der Waals surface area contributed by atoms with Gasteiger partial charge >= 0.3 is 0 Å². The maximum atomic E-state index is 11.9. The fourth-order valence-electron chi connectivity index (χ4n) is 2.45. The Morgan fingerprint density at radius 2 is 2.09 bits per heavy atom. The van der Waals surface area contributed by atoms with Crippen LogP contribution in [0.5, 0.6) is 0 Å². The second-order valence-corrected chi connectivity index (χ2v) is 6.96. The molecular formula is C15H18ClN5OS. The van der Waals surface area contributed by atoms with E-state index in [0.717, 1.165) is 24.7 Å². The summed E-state index contributed by atoms with van der Waals surface area (Å²) in [5, 5.41) is 6.05. The lowest BCUT2D eigenvalue weighted by Gasteiger charge is -2.16. The number of thiophene rings is 1. The van der Waals surface area contributed by atoms with Crippen LogP contribution < -0.4 is 15.5 Å². The predicted octanol–water partition coefficient (Wildman–Crippen LogP) is 2.63. The fourth-order valence-corrected chi connectivity index (χ4v) is 3.41. The highest BCUT2D eigenvalue weighted by Gasteiger charge is 2.14. The van der Waals surface area contributed by atoms with Gasteiger partial charge in [0.25, 0.3) is 5.91 Å². The van der Waals surface area contributed by atoms with Crippen molar-refractivity contribution in [2.24, 2.45) is 0 Å². The number of anilines is 2. The van der Waals surface area contributed by atoms with Crippen molar-refractivity contribution in [1.29, 1.82) is 0 Å². The van der Waals surface area contributed by atoms with Gasteiger partial charge in [0.1, 0.15) is 18.0 Å². The number of amides is 1. The largest absolute Gasteiger partial charge is 0.368 e. The second kappa shape index (κ2) is 7.61. The van der Waals surface area contributed by atoms with E-state index >= 15 is 0 Å². The summed E-state index contributed by atoms with van der Waals surface area (Å²) < 4.78 is 0.615. The van der Waals surface area contributed by atoms with Gasteiger partial charge in [0.2, 0.25) is 0 Å². The minimum atomic E-state index is -0.107. The molecule has 1 fully saturated rings. The quantitative estimate of drug-likeness (QED) is 0.783. The van der Waals surface area contributed by atoms with Crippen LogP contribution in [0.2, 0.25) is 4.34 Å². The molecule has 0 aromatic carbocycles. The van der Waals surface area contributed by atoms with Gasteiger partial charge in [-0.1, -0.05) is 11.6 Å². The van der Waals surface area contributed by atoms with Crippen LogP contribution in [0.25, 0.3) is 0 Å². The Morgan fingerprint density at radius 3 is 2.83 bits per heavy atom.